The Bertz CT molecular complexity index is 131. The maximum absolute atomic E-state index is 3.69. The van der Waals surface area contributed by atoms with Gasteiger partial charge in [-0.05, 0) is 31.2 Å². The summed E-state index contributed by atoms with van der Waals surface area (Å²) in [6.45, 7) is 12.7. The Morgan fingerprint density at radius 3 is 2.13 bits per heavy atom. The topological polar surface area (TPSA) is 12.0 Å². The van der Waals surface area contributed by atoms with Gasteiger partial charge < -0.3 is 5.32 Å². The Hall–Kier alpha value is -0.0400. The molecule has 0 bridgehead atoms. The summed E-state index contributed by atoms with van der Waals surface area (Å²) in [5.41, 5.74) is 0. The Kier molecular flexibility index (Phi) is 9.18. The maximum atomic E-state index is 3.69. The van der Waals surface area contributed by atoms with Crippen molar-refractivity contribution in [1.82, 2.24) is 5.32 Å². The zero-order valence-electron chi connectivity index (χ0n) is 11.5. The monoisotopic (exact) mass is 213 g/mol. The van der Waals surface area contributed by atoms with Crippen molar-refractivity contribution >= 4 is 0 Å². The summed E-state index contributed by atoms with van der Waals surface area (Å²) in [5.74, 6) is 1.68. The van der Waals surface area contributed by atoms with Gasteiger partial charge >= 0.3 is 0 Å². The molecule has 2 unspecified atom stereocenters. The van der Waals surface area contributed by atoms with E-state index in [1.54, 1.807) is 0 Å². The van der Waals surface area contributed by atoms with Crippen molar-refractivity contribution in [3.8, 4) is 0 Å². The van der Waals surface area contributed by atoms with E-state index in [-0.39, 0.29) is 0 Å². The van der Waals surface area contributed by atoms with Gasteiger partial charge in [0, 0.05) is 6.04 Å². The van der Waals surface area contributed by atoms with Gasteiger partial charge in [0.05, 0.1) is 0 Å². The molecule has 0 aromatic rings. The van der Waals surface area contributed by atoms with Crippen molar-refractivity contribution in [2.24, 2.45) is 11.8 Å². The highest BCUT2D eigenvalue weighted by molar-refractivity contribution is 4.72. The van der Waals surface area contributed by atoms with Crippen LogP contribution < -0.4 is 5.32 Å². The van der Waals surface area contributed by atoms with Crippen LogP contribution in [0.5, 0.6) is 0 Å². The fourth-order valence-corrected chi connectivity index (χ4v) is 1.95. The molecule has 0 saturated carbocycles. The second-order valence-corrected chi connectivity index (χ2v) is 5.27. The minimum Gasteiger partial charge on any atom is -0.314 e. The first-order valence-corrected chi connectivity index (χ1v) is 6.85. The van der Waals surface area contributed by atoms with E-state index < -0.39 is 0 Å². The van der Waals surface area contributed by atoms with Gasteiger partial charge in [-0.25, -0.2) is 0 Å². The molecule has 1 N–H and O–H groups in total. The van der Waals surface area contributed by atoms with Crippen molar-refractivity contribution in [2.75, 3.05) is 6.54 Å². The lowest BCUT2D eigenvalue weighted by atomic mass is 9.93. The number of nitrogens with one attached hydrogen (secondary N) is 1. The Labute approximate surface area is 97.0 Å². The van der Waals surface area contributed by atoms with E-state index in [0.29, 0.717) is 0 Å². The smallest absolute Gasteiger partial charge is 0.00925 e. The Morgan fingerprint density at radius 1 is 1.00 bits per heavy atom. The van der Waals surface area contributed by atoms with Crippen LogP contribution in [-0.2, 0) is 0 Å². The van der Waals surface area contributed by atoms with Crippen LogP contribution in [0.1, 0.15) is 66.7 Å². The summed E-state index contributed by atoms with van der Waals surface area (Å²) in [6, 6.07) is 0.744. The predicted molar refractivity (Wildman–Crippen MR) is 70.2 cm³/mol. The van der Waals surface area contributed by atoms with E-state index in [9.17, 15) is 0 Å². The van der Waals surface area contributed by atoms with Gasteiger partial charge in [0.1, 0.15) is 0 Å². The first-order valence-electron chi connectivity index (χ1n) is 6.85. The molecule has 92 valence electrons. The van der Waals surface area contributed by atoms with Crippen LogP contribution in [-0.4, -0.2) is 12.6 Å². The van der Waals surface area contributed by atoms with E-state index in [1.807, 2.05) is 0 Å². The molecule has 0 aromatic carbocycles. The number of hydrogen-bond acceptors (Lipinski definition) is 1. The summed E-state index contributed by atoms with van der Waals surface area (Å²) in [7, 11) is 0. The Morgan fingerprint density at radius 2 is 1.67 bits per heavy atom. The zero-order chi connectivity index (χ0) is 11.7. The van der Waals surface area contributed by atoms with Crippen molar-refractivity contribution in [3.63, 3.8) is 0 Å². The molecule has 0 radical (unpaired) electrons. The molecular formula is C14H31N. The van der Waals surface area contributed by atoms with E-state index >= 15 is 0 Å². The quantitative estimate of drug-likeness (QED) is 0.604. The molecule has 0 aliphatic heterocycles. The zero-order valence-corrected chi connectivity index (χ0v) is 11.5. The SMILES string of the molecule is CCCNC(CCCC(C)C)C(C)CC. The van der Waals surface area contributed by atoms with E-state index in [0.717, 1.165) is 17.9 Å². The third kappa shape index (κ3) is 7.84. The first-order chi connectivity index (χ1) is 7.11. The summed E-state index contributed by atoms with van der Waals surface area (Å²) in [6.07, 6.45) is 6.65. The van der Waals surface area contributed by atoms with Crippen LogP contribution in [0.4, 0.5) is 0 Å². The highest BCUT2D eigenvalue weighted by Gasteiger charge is 2.14. The molecule has 1 heteroatoms. The molecule has 15 heavy (non-hydrogen) atoms. The molecule has 1 nitrogen and oxygen atoms in total. The molecule has 0 fully saturated rings. The maximum Gasteiger partial charge on any atom is 0.00925 e. The lowest BCUT2D eigenvalue weighted by Crippen LogP contribution is -2.35. The Balaban J connectivity index is 3.79. The first kappa shape index (κ1) is 15.0. The van der Waals surface area contributed by atoms with Crippen molar-refractivity contribution in [2.45, 2.75) is 72.8 Å². The van der Waals surface area contributed by atoms with Crippen LogP contribution in [0.15, 0.2) is 0 Å². The summed E-state index contributed by atoms with van der Waals surface area (Å²) < 4.78 is 0. The number of rotatable bonds is 9. The van der Waals surface area contributed by atoms with Gasteiger partial charge in [-0.3, -0.25) is 0 Å². The standard InChI is InChI=1S/C14H31N/c1-6-11-15-14(13(5)7-2)10-8-9-12(3)4/h12-15H,6-11H2,1-5H3. The van der Waals surface area contributed by atoms with Gasteiger partial charge in [0.25, 0.3) is 0 Å². The van der Waals surface area contributed by atoms with Crippen LogP contribution in [0, 0.1) is 11.8 Å². The molecule has 0 saturated heterocycles. The summed E-state index contributed by atoms with van der Waals surface area (Å²) in [5, 5.41) is 3.69. The fourth-order valence-electron chi connectivity index (χ4n) is 1.95. The van der Waals surface area contributed by atoms with Crippen LogP contribution in [0.2, 0.25) is 0 Å². The van der Waals surface area contributed by atoms with Gasteiger partial charge in [-0.1, -0.05) is 53.9 Å². The fraction of sp³-hybridized carbons (Fsp3) is 1.00. The minimum absolute atomic E-state index is 0.744. The van der Waals surface area contributed by atoms with Crippen LogP contribution >= 0.6 is 0 Å². The molecule has 0 heterocycles. The normalized spacial score (nSPS) is 15.6. The molecule has 0 aromatic heterocycles. The number of hydrogen-bond donors (Lipinski definition) is 1. The largest absolute Gasteiger partial charge is 0.314 e. The molecular weight excluding hydrogens is 182 g/mol. The van der Waals surface area contributed by atoms with E-state index in [2.05, 4.69) is 39.9 Å². The lowest BCUT2D eigenvalue weighted by molar-refractivity contribution is 0.333. The molecule has 0 rings (SSSR count). The third-order valence-electron chi connectivity index (χ3n) is 3.28. The minimum atomic E-state index is 0.744. The molecule has 0 aliphatic rings. The predicted octanol–water partition coefficient (Wildman–Crippen LogP) is 4.23. The van der Waals surface area contributed by atoms with Crippen LogP contribution in [0.3, 0.4) is 0 Å². The van der Waals surface area contributed by atoms with E-state index in [4.69, 9.17) is 0 Å². The molecule has 2 atom stereocenters. The summed E-state index contributed by atoms with van der Waals surface area (Å²) in [4.78, 5) is 0. The van der Waals surface area contributed by atoms with Crippen molar-refractivity contribution < 1.29 is 0 Å². The van der Waals surface area contributed by atoms with Gasteiger partial charge in [0.15, 0.2) is 0 Å². The summed E-state index contributed by atoms with van der Waals surface area (Å²) >= 11 is 0. The molecule has 0 aliphatic carbocycles. The van der Waals surface area contributed by atoms with Gasteiger partial charge in [-0.15, -0.1) is 0 Å². The highest BCUT2D eigenvalue weighted by atomic mass is 14.9. The second kappa shape index (κ2) is 9.21. The van der Waals surface area contributed by atoms with Gasteiger partial charge in [0.2, 0.25) is 0 Å². The molecule has 0 amide bonds. The average molecular weight is 213 g/mol. The van der Waals surface area contributed by atoms with Gasteiger partial charge in [-0.2, -0.15) is 0 Å². The highest BCUT2D eigenvalue weighted by Crippen LogP contribution is 2.16. The van der Waals surface area contributed by atoms with E-state index in [1.165, 1.54) is 38.6 Å². The van der Waals surface area contributed by atoms with Crippen LogP contribution in [0.25, 0.3) is 0 Å². The lowest BCUT2D eigenvalue weighted by Gasteiger charge is -2.24. The third-order valence-corrected chi connectivity index (χ3v) is 3.28. The van der Waals surface area contributed by atoms with Crippen molar-refractivity contribution in [1.29, 1.82) is 0 Å². The second-order valence-electron chi connectivity index (χ2n) is 5.27. The molecule has 0 spiro atoms. The average Bonchev–Trinajstić information content (AvgIpc) is 2.21. The van der Waals surface area contributed by atoms with Crippen molar-refractivity contribution in [3.05, 3.63) is 0 Å².